The zero-order chi connectivity index (χ0) is 22.4. The summed E-state index contributed by atoms with van der Waals surface area (Å²) in [6.45, 7) is 0. The van der Waals surface area contributed by atoms with Gasteiger partial charge in [0.1, 0.15) is 17.2 Å². The minimum absolute atomic E-state index is 0.0531. The Hall–Kier alpha value is -4.73. The molecule has 1 N–H and O–H groups in total. The topological polar surface area (TPSA) is 112 Å². The van der Waals surface area contributed by atoms with Gasteiger partial charge in [0.05, 0.1) is 6.42 Å². The lowest BCUT2D eigenvalue weighted by molar-refractivity contribution is -0.115. The summed E-state index contributed by atoms with van der Waals surface area (Å²) in [5, 5.41) is 15.3. The van der Waals surface area contributed by atoms with Crippen molar-refractivity contribution in [3.63, 3.8) is 0 Å². The van der Waals surface area contributed by atoms with Gasteiger partial charge in [0.25, 0.3) is 5.89 Å². The van der Waals surface area contributed by atoms with Crippen LogP contribution in [0.25, 0.3) is 39.9 Å². The summed E-state index contributed by atoms with van der Waals surface area (Å²) in [6, 6.07) is 15.3. The Bertz CT molecular complexity index is 1510. The molecule has 2 aromatic carbocycles. The molecule has 160 valence electrons. The molecular weight excluding hydrogens is 425 g/mol. The smallest absolute Gasteiger partial charge is 0.281 e. The lowest BCUT2D eigenvalue weighted by atomic mass is 10.1. The Morgan fingerprint density at radius 3 is 2.73 bits per heavy atom. The highest BCUT2D eigenvalue weighted by Crippen LogP contribution is 2.33. The van der Waals surface area contributed by atoms with Crippen LogP contribution in [0.2, 0.25) is 0 Å². The predicted molar refractivity (Wildman–Crippen MR) is 116 cm³/mol. The van der Waals surface area contributed by atoms with Crippen molar-refractivity contribution < 1.29 is 13.7 Å². The van der Waals surface area contributed by atoms with Crippen molar-refractivity contribution in [2.24, 2.45) is 0 Å². The zero-order valence-electron chi connectivity index (χ0n) is 16.9. The quantitative estimate of drug-likeness (QED) is 0.455. The summed E-state index contributed by atoms with van der Waals surface area (Å²) < 4.78 is 21.5. The molecule has 3 aromatic heterocycles. The Balaban J connectivity index is 1.46. The van der Waals surface area contributed by atoms with Crippen molar-refractivity contribution in [1.82, 2.24) is 30.1 Å². The molecule has 0 radical (unpaired) electrons. The molecule has 9 nitrogen and oxygen atoms in total. The minimum Gasteiger partial charge on any atom is -0.332 e. The van der Waals surface area contributed by atoms with Crippen molar-refractivity contribution in [2.45, 2.75) is 6.42 Å². The van der Waals surface area contributed by atoms with Gasteiger partial charge in [-0.15, -0.1) is 5.10 Å². The summed E-state index contributed by atoms with van der Waals surface area (Å²) >= 11 is 0. The van der Waals surface area contributed by atoms with E-state index in [1.807, 2.05) is 12.1 Å². The number of pyridine rings is 1. The molecule has 0 spiro atoms. The molecule has 5 aromatic rings. The lowest BCUT2D eigenvalue weighted by Gasteiger charge is -2.08. The summed E-state index contributed by atoms with van der Waals surface area (Å²) in [5.41, 5.74) is 4.08. The van der Waals surface area contributed by atoms with Crippen LogP contribution in [0, 0.1) is 5.82 Å². The number of amides is 1. The first-order chi connectivity index (χ1) is 16.2. The SMILES string of the molecule is O=C1Cc2cc(-c3noc(-c4nnn(-c5ccccc5F)c4-c4ccncc4)n3)ccc2N1. The van der Waals surface area contributed by atoms with E-state index in [1.165, 1.54) is 10.7 Å². The third-order valence-corrected chi connectivity index (χ3v) is 5.32. The van der Waals surface area contributed by atoms with Gasteiger partial charge in [-0.1, -0.05) is 22.5 Å². The normalized spacial score (nSPS) is 12.6. The maximum absolute atomic E-state index is 14.6. The van der Waals surface area contributed by atoms with Crippen LogP contribution < -0.4 is 5.32 Å². The summed E-state index contributed by atoms with van der Waals surface area (Å²) in [6.07, 6.45) is 3.55. The van der Waals surface area contributed by atoms with Crippen LogP contribution in [0.15, 0.2) is 71.5 Å². The number of fused-ring (bicyclic) bond motifs is 1. The number of aromatic nitrogens is 6. The van der Waals surface area contributed by atoms with E-state index in [9.17, 15) is 9.18 Å². The van der Waals surface area contributed by atoms with Gasteiger partial charge in [0, 0.05) is 29.2 Å². The maximum Gasteiger partial charge on any atom is 0.281 e. The standard InChI is InChI=1S/C23H14FN7O2/c24-16-3-1-2-4-18(16)31-21(13-7-9-25-10-8-13)20(28-30-31)23-27-22(29-33-23)14-5-6-17-15(11-14)12-19(32)26-17/h1-11H,12H2,(H,26,32). The third kappa shape index (κ3) is 3.24. The molecule has 6 rings (SSSR count). The molecule has 10 heteroatoms. The third-order valence-electron chi connectivity index (χ3n) is 5.32. The second kappa shape index (κ2) is 7.45. The van der Waals surface area contributed by atoms with Crippen molar-refractivity contribution >= 4 is 11.6 Å². The highest BCUT2D eigenvalue weighted by atomic mass is 19.1. The summed E-state index contributed by atoms with van der Waals surface area (Å²) in [7, 11) is 0. The fraction of sp³-hybridized carbons (Fsp3) is 0.0435. The number of nitrogens with one attached hydrogen (secondary N) is 1. The van der Waals surface area contributed by atoms with E-state index in [4.69, 9.17) is 4.52 Å². The fourth-order valence-corrected chi connectivity index (χ4v) is 3.79. The Morgan fingerprint density at radius 1 is 1.03 bits per heavy atom. The molecule has 1 aliphatic heterocycles. The zero-order valence-corrected chi connectivity index (χ0v) is 16.9. The summed E-state index contributed by atoms with van der Waals surface area (Å²) in [4.78, 5) is 20.2. The maximum atomic E-state index is 14.6. The second-order valence-electron chi connectivity index (χ2n) is 7.41. The van der Waals surface area contributed by atoms with E-state index < -0.39 is 5.82 Å². The van der Waals surface area contributed by atoms with E-state index in [0.29, 0.717) is 34.8 Å². The number of benzene rings is 2. The molecular formula is C23H14FN7O2. The highest BCUT2D eigenvalue weighted by Gasteiger charge is 2.25. The number of anilines is 1. The average molecular weight is 439 g/mol. The average Bonchev–Trinajstić information content (AvgIpc) is 3.56. The van der Waals surface area contributed by atoms with Crippen molar-refractivity contribution in [2.75, 3.05) is 5.32 Å². The molecule has 0 atom stereocenters. The van der Waals surface area contributed by atoms with E-state index in [1.54, 1.807) is 48.8 Å². The Labute approximate surface area is 185 Å². The molecule has 0 saturated carbocycles. The fourth-order valence-electron chi connectivity index (χ4n) is 3.79. The monoisotopic (exact) mass is 439 g/mol. The van der Waals surface area contributed by atoms with Crippen LogP contribution in [0.3, 0.4) is 0 Å². The highest BCUT2D eigenvalue weighted by molar-refractivity contribution is 5.99. The number of halogens is 1. The van der Waals surface area contributed by atoms with Crippen LogP contribution >= 0.6 is 0 Å². The van der Waals surface area contributed by atoms with Gasteiger partial charge in [0.15, 0.2) is 5.69 Å². The van der Waals surface area contributed by atoms with Crippen LogP contribution in [0.4, 0.5) is 10.1 Å². The molecule has 0 fully saturated rings. The van der Waals surface area contributed by atoms with Crippen molar-refractivity contribution in [3.05, 3.63) is 78.4 Å². The van der Waals surface area contributed by atoms with Crippen LogP contribution in [-0.4, -0.2) is 36.0 Å². The first-order valence-corrected chi connectivity index (χ1v) is 10.1. The largest absolute Gasteiger partial charge is 0.332 e. The predicted octanol–water partition coefficient (Wildman–Crippen LogP) is 3.68. The second-order valence-corrected chi connectivity index (χ2v) is 7.41. The van der Waals surface area contributed by atoms with Gasteiger partial charge in [-0.2, -0.15) is 4.98 Å². The Morgan fingerprint density at radius 2 is 1.88 bits per heavy atom. The molecule has 0 bridgehead atoms. The number of hydrogen-bond donors (Lipinski definition) is 1. The number of rotatable bonds is 4. The van der Waals surface area contributed by atoms with Gasteiger partial charge < -0.3 is 9.84 Å². The van der Waals surface area contributed by atoms with Crippen LogP contribution in [0.1, 0.15) is 5.56 Å². The van der Waals surface area contributed by atoms with Gasteiger partial charge in [-0.25, -0.2) is 9.07 Å². The van der Waals surface area contributed by atoms with Gasteiger partial charge in [-0.3, -0.25) is 9.78 Å². The number of hydrogen-bond acceptors (Lipinski definition) is 7. The first kappa shape index (κ1) is 19.0. The Kier molecular flexibility index (Phi) is 4.29. The molecule has 0 unspecified atom stereocenters. The van der Waals surface area contributed by atoms with Gasteiger partial charge in [-0.05, 0) is 48.0 Å². The van der Waals surface area contributed by atoms with E-state index >= 15 is 0 Å². The summed E-state index contributed by atoms with van der Waals surface area (Å²) in [5.74, 6) is -0.0261. The van der Waals surface area contributed by atoms with E-state index in [0.717, 1.165) is 11.3 Å². The molecule has 0 saturated heterocycles. The molecule has 0 aliphatic carbocycles. The number of nitrogens with zero attached hydrogens (tertiary/aromatic N) is 6. The van der Waals surface area contributed by atoms with Crippen LogP contribution in [-0.2, 0) is 11.2 Å². The van der Waals surface area contributed by atoms with E-state index in [-0.39, 0.29) is 17.5 Å². The number of para-hydroxylation sites is 1. The number of carbonyl (C=O) groups is 1. The number of carbonyl (C=O) groups excluding carboxylic acids is 1. The van der Waals surface area contributed by atoms with Crippen LogP contribution in [0.5, 0.6) is 0 Å². The van der Waals surface area contributed by atoms with Gasteiger partial charge in [0.2, 0.25) is 11.7 Å². The molecule has 1 aliphatic rings. The van der Waals surface area contributed by atoms with Crippen molar-refractivity contribution in [3.8, 4) is 39.9 Å². The van der Waals surface area contributed by atoms with Crippen molar-refractivity contribution in [1.29, 1.82) is 0 Å². The molecule has 1 amide bonds. The van der Waals surface area contributed by atoms with E-state index in [2.05, 4.69) is 30.8 Å². The molecule has 4 heterocycles. The van der Waals surface area contributed by atoms with Gasteiger partial charge >= 0.3 is 0 Å². The first-order valence-electron chi connectivity index (χ1n) is 10.1. The molecule has 33 heavy (non-hydrogen) atoms. The minimum atomic E-state index is -0.447. The lowest BCUT2D eigenvalue weighted by Crippen LogP contribution is -2.03.